The first-order valence-corrected chi connectivity index (χ1v) is 4.71. The zero-order valence-electron chi connectivity index (χ0n) is 8.60. The molecule has 1 aliphatic rings. The number of hydrogen-bond donors (Lipinski definition) is 2. The minimum Gasteiger partial charge on any atom is -0.480 e. The van der Waals surface area contributed by atoms with Crippen LogP contribution >= 0.6 is 0 Å². The molecule has 0 saturated carbocycles. The Morgan fingerprint density at radius 3 is 2.57 bits per heavy atom. The van der Waals surface area contributed by atoms with Gasteiger partial charge >= 0.3 is 5.97 Å². The molecule has 0 aromatic heterocycles. The normalized spacial score (nSPS) is 28.6. The van der Waals surface area contributed by atoms with Gasteiger partial charge in [-0.25, -0.2) is 0 Å². The number of rotatable bonds is 3. The Morgan fingerprint density at radius 2 is 2.29 bits per heavy atom. The van der Waals surface area contributed by atoms with Crippen LogP contribution in [0.25, 0.3) is 0 Å². The van der Waals surface area contributed by atoms with Crippen LogP contribution in [0.5, 0.6) is 0 Å². The van der Waals surface area contributed by atoms with Crippen molar-refractivity contribution in [1.82, 2.24) is 4.90 Å². The van der Waals surface area contributed by atoms with Crippen LogP contribution in [0.4, 0.5) is 0 Å². The number of carbonyl (C=O) groups is 1. The number of hydrogen-bond acceptors (Lipinski definition) is 3. The maximum atomic E-state index is 10.9. The molecule has 4 heteroatoms. The van der Waals surface area contributed by atoms with Gasteiger partial charge in [-0.2, -0.15) is 0 Å². The summed E-state index contributed by atoms with van der Waals surface area (Å²) in [4.78, 5) is 12.7. The first-order chi connectivity index (χ1) is 6.41. The van der Waals surface area contributed by atoms with Crippen molar-refractivity contribution in [2.45, 2.75) is 38.0 Å². The van der Waals surface area contributed by atoms with Gasteiger partial charge in [-0.3, -0.25) is 9.69 Å². The summed E-state index contributed by atoms with van der Waals surface area (Å²) in [7, 11) is 0. The van der Waals surface area contributed by atoms with E-state index in [9.17, 15) is 9.90 Å². The molecule has 2 unspecified atom stereocenters. The van der Waals surface area contributed by atoms with Crippen LogP contribution < -0.4 is 0 Å². The zero-order chi connectivity index (χ0) is 10.9. The van der Waals surface area contributed by atoms with E-state index in [0.717, 1.165) is 0 Å². The van der Waals surface area contributed by atoms with E-state index in [2.05, 4.69) is 6.58 Å². The number of aliphatic hydroxyl groups excluding tert-OH is 1. The maximum Gasteiger partial charge on any atom is 0.324 e. The van der Waals surface area contributed by atoms with E-state index < -0.39 is 23.7 Å². The highest BCUT2D eigenvalue weighted by Gasteiger charge is 2.44. The van der Waals surface area contributed by atoms with Crippen LogP contribution in [-0.2, 0) is 4.79 Å². The molecule has 1 fully saturated rings. The average Bonchev–Trinajstić information content (AvgIpc) is 2.32. The molecule has 1 saturated heterocycles. The van der Waals surface area contributed by atoms with E-state index in [1.54, 1.807) is 4.90 Å². The molecule has 14 heavy (non-hydrogen) atoms. The number of nitrogens with zero attached hydrogens (tertiary/aromatic N) is 1. The molecular formula is C10H17NO3. The van der Waals surface area contributed by atoms with Gasteiger partial charge in [0.05, 0.1) is 6.10 Å². The minimum absolute atomic E-state index is 0.468. The predicted molar refractivity (Wildman–Crippen MR) is 53.0 cm³/mol. The number of likely N-dealkylation sites (tertiary alicyclic amines) is 1. The van der Waals surface area contributed by atoms with Crippen LogP contribution in [0.3, 0.4) is 0 Å². The molecule has 1 aliphatic heterocycles. The van der Waals surface area contributed by atoms with Gasteiger partial charge in [0, 0.05) is 12.1 Å². The molecule has 2 N–H and O–H groups in total. The van der Waals surface area contributed by atoms with Crippen LogP contribution in [0.2, 0.25) is 0 Å². The summed E-state index contributed by atoms with van der Waals surface area (Å²) in [5.41, 5.74) is -0.489. The molecule has 0 spiro atoms. The molecule has 0 bridgehead atoms. The van der Waals surface area contributed by atoms with Gasteiger partial charge < -0.3 is 10.2 Å². The van der Waals surface area contributed by atoms with Crippen molar-refractivity contribution in [2.24, 2.45) is 0 Å². The maximum absolute atomic E-state index is 10.9. The number of carboxylic acid groups (broad SMARTS) is 1. The van der Waals surface area contributed by atoms with Crippen molar-refractivity contribution in [3.63, 3.8) is 0 Å². The third-order valence-electron chi connectivity index (χ3n) is 3.01. The number of aliphatic hydroxyl groups is 1. The molecule has 0 aromatic rings. The van der Waals surface area contributed by atoms with Crippen LogP contribution in [-0.4, -0.2) is 45.3 Å². The topological polar surface area (TPSA) is 60.8 Å². The summed E-state index contributed by atoms with van der Waals surface area (Å²) in [6.07, 6.45) is 1.55. The van der Waals surface area contributed by atoms with Crippen LogP contribution in [0, 0.1) is 0 Å². The highest BCUT2D eigenvalue weighted by Crippen LogP contribution is 2.31. The second-order valence-electron chi connectivity index (χ2n) is 4.17. The van der Waals surface area contributed by atoms with Crippen molar-refractivity contribution >= 4 is 5.97 Å². The van der Waals surface area contributed by atoms with E-state index in [-0.39, 0.29) is 0 Å². The highest BCUT2D eigenvalue weighted by atomic mass is 16.4. The van der Waals surface area contributed by atoms with Gasteiger partial charge in [0.2, 0.25) is 0 Å². The summed E-state index contributed by atoms with van der Waals surface area (Å²) in [6.45, 7) is 7.81. The van der Waals surface area contributed by atoms with Gasteiger partial charge in [0.25, 0.3) is 0 Å². The second kappa shape index (κ2) is 3.71. The molecular weight excluding hydrogens is 182 g/mol. The lowest BCUT2D eigenvalue weighted by Crippen LogP contribution is -2.52. The standard InChI is InChI=1S/C10H17NO3/c1-4-7(9(13)14)11-6-5-8(12)10(11,2)3/h4,7-8,12H,1,5-6H2,2-3H3,(H,13,14). The van der Waals surface area contributed by atoms with E-state index in [4.69, 9.17) is 5.11 Å². The van der Waals surface area contributed by atoms with Gasteiger partial charge in [0.15, 0.2) is 0 Å². The molecule has 80 valence electrons. The summed E-state index contributed by atoms with van der Waals surface area (Å²) >= 11 is 0. The lowest BCUT2D eigenvalue weighted by molar-refractivity contribution is -0.143. The fraction of sp³-hybridized carbons (Fsp3) is 0.700. The van der Waals surface area contributed by atoms with Crippen LogP contribution in [0.15, 0.2) is 12.7 Å². The van der Waals surface area contributed by atoms with Crippen molar-refractivity contribution in [2.75, 3.05) is 6.54 Å². The molecule has 2 atom stereocenters. The Morgan fingerprint density at radius 1 is 1.71 bits per heavy atom. The molecule has 1 rings (SSSR count). The van der Waals surface area contributed by atoms with Gasteiger partial charge in [-0.1, -0.05) is 6.08 Å². The lowest BCUT2D eigenvalue weighted by atomic mass is 9.97. The third kappa shape index (κ3) is 1.67. The van der Waals surface area contributed by atoms with E-state index in [1.165, 1.54) is 6.08 Å². The Balaban J connectivity index is 2.87. The monoisotopic (exact) mass is 199 g/mol. The highest BCUT2D eigenvalue weighted by molar-refractivity contribution is 5.76. The summed E-state index contributed by atoms with van der Waals surface area (Å²) in [5.74, 6) is -0.915. The first-order valence-electron chi connectivity index (χ1n) is 4.71. The van der Waals surface area contributed by atoms with Crippen LogP contribution in [0.1, 0.15) is 20.3 Å². The Hall–Kier alpha value is -0.870. The molecule has 0 amide bonds. The molecule has 1 heterocycles. The fourth-order valence-electron chi connectivity index (χ4n) is 1.95. The molecule has 0 aromatic carbocycles. The third-order valence-corrected chi connectivity index (χ3v) is 3.01. The van der Waals surface area contributed by atoms with Gasteiger partial charge in [-0.15, -0.1) is 6.58 Å². The van der Waals surface area contributed by atoms with E-state index in [1.807, 2.05) is 13.8 Å². The second-order valence-corrected chi connectivity index (χ2v) is 4.17. The van der Waals surface area contributed by atoms with Crippen molar-refractivity contribution in [1.29, 1.82) is 0 Å². The molecule has 0 aliphatic carbocycles. The summed E-state index contributed by atoms with van der Waals surface area (Å²) in [6, 6.07) is -0.706. The summed E-state index contributed by atoms with van der Waals surface area (Å²) < 4.78 is 0. The van der Waals surface area contributed by atoms with Gasteiger partial charge in [0.1, 0.15) is 6.04 Å². The Kier molecular flexibility index (Phi) is 2.97. The Bertz CT molecular complexity index is 250. The molecule has 0 radical (unpaired) electrons. The summed E-state index contributed by atoms with van der Waals surface area (Å²) in [5, 5.41) is 18.6. The lowest BCUT2D eigenvalue weighted by Gasteiger charge is -2.36. The quantitative estimate of drug-likeness (QED) is 0.649. The van der Waals surface area contributed by atoms with Crippen molar-refractivity contribution in [3.05, 3.63) is 12.7 Å². The molecule has 4 nitrogen and oxygen atoms in total. The smallest absolute Gasteiger partial charge is 0.324 e. The average molecular weight is 199 g/mol. The van der Waals surface area contributed by atoms with E-state index >= 15 is 0 Å². The fourth-order valence-corrected chi connectivity index (χ4v) is 1.95. The largest absolute Gasteiger partial charge is 0.480 e. The van der Waals surface area contributed by atoms with Crippen molar-refractivity contribution in [3.8, 4) is 0 Å². The SMILES string of the molecule is C=CC(C(=O)O)N1CCC(O)C1(C)C. The Labute approximate surface area is 83.8 Å². The zero-order valence-corrected chi connectivity index (χ0v) is 8.60. The number of aliphatic carboxylic acids is 1. The number of carboxylic acids is 1. The predicted octanol–water partition coefficient (Wildman–Crippen LogP) is 0.471. The minimum atomic E-state index is -0.915. The first kappa shape index (κ1) is 11.2. The van der Waals surface area contributed by atoms with E-state index in [0.29, 0.717) is 13.0 Å². The van der Waals surface area contributed by atoms with Gasteiger partial charge in [-0.05, 0) is 20.3 Å². The van der Waals surface area contributed by atoms with Crippen molar-refractivity contribution < 1.29 is 15.0 Å².